The average Bonchev–Trinajstić information content (AvgIpc) is 3.43. The summed E-state index contributed by atoms with van der Waals surface area (Å²) < 4.78 is 0. The first kappa shape index (κ1) is 25.7. The molecule has 0 bridgehead atoms. The number of hydrogen-bond acceptors (Lipinski definition) is 0. The summed E-state index contributed by atoms with van der Waals surface area (Å²) in [7, 11) is 0. The predicted molar refractivity (Wildman–Crippen MR) is 190 cm³/mol. The molecular weight excluding hydrogens is 540 g/mol. The van der Waals surface area contributed by atoms with Crippen molar-refractivity contribution in [1.82, 2.24) is 0 Å². The Morgan fingerprint density at radius 1 is 0.289 bits per heavy atom. The number of benzene rings is 8. The normalized spacial score (nSPS) is 13.1. The lowest BCUT2D eigenvalue weighted by Crippen LogP contribution is -2.28. The highest BCUT2D eigenvalue weighted by Crippen LogP contribution is 2.61. The van der Waals surface area contributed by atoms with Crippen molar-refractivity contribution in [2.45, 2.75) is 5.41 Å². The molecule has 0 aliphatic heterocycles. The van der Waals surface area contributed by atoms with E-state index in [-0.39, 0.29) is 0 Å². The summed E-state index contributed by atoms with van der Waals surface area (Å²) in [6.45, 7) is 0. The summed E-state index contributed by atoms with van der Waals surface area (Å²) >= 11 is 0. The van der Waals surface area contributed by atoms with Crippen LogP contribution in [-0.4, -0.2) is 0 Å². The van der Waals surface area contributed by atoms with Crippen LogP contribution in [-0.2, 0) is 5.41 Å². The Kier molecular flexibility index (Phi) is 5.83. The minimum atomic E-state index is -0.520. The molecule has 0 aromatic heterocycles. The van der Waals surface area contributed by atoms with Crippen LogP contribution in [0.25, 0.3) is 54.9 Å². The topological polar surface area (TPSA) is 0 Å². The Bertz CT molecular complexity index is 2160. The summed E-state index contributed by atoms with van der Waals surface area (Å²) in [4.78, 5) is 0. The molecule has 9 rings (SSSR count). The largest absolute Gasteiger partial charge is 0.0714 e. The van der Waals surface area contributed by atoms with Gasteiger partial charge in [0.2, 0.25) is 0 Å². The van der Waals surface area contributed by atoms with Crippen LogP contribution in [0.15, 0.2) is 182 Å². The fourth-order valence-electron chi connectivity index (χ4n) is 7.90. The van der Waals surface area contributed by atoms with Crippen LogP contribution >= 0.6 is 0 Å². The van der Waals surface area contributed by atoms with Gasteiger partial charge in [-0.2, -0.15) is 0 Å². The maximum Gasteiger partial charge on any atom is 0.0714 e. The lowest BCUT2D eigenvalue weighted by molar-refractivity contribution is 0.770. The molecule has 0 saturated carbocycles. The molecule has 45 heavy (non-hydrogen) atoms. The lowest BCUT2D eigenvalue weighted by Gasteiger charge is -2.34. The van der Waals surface area contributed by atoms with Gasteiger partial charge in [0.15, 0.2) is 0 Å². The summed E-state index contributed by atoms with van der Waals surface area (Å²) in [5.74, 6) is 0. The van der Waals surface area contributed by atoms with E-state index in [0.717, 1.165) is 0 Å². The number of hydrogen-bond donors (Lipinski definition) is 0. The van der Waals surface area contributed by atoms with Gasteiger partial charge in [-0.25, -0.2) is 0 Å². The first-order valence-corrected chi connectivity index (χ1v) is 15.7. The number of fused-ring (bicyclic) bond motifs is 7. The second-order valence-electron chi connectivity index (χ2n) is 12.0. The van der Waals surface area contributed by atoms with Crippen molar-refractivity contribution < 1.29 is 0 Å². The third kappa shape index (κ3) is 3.73. The summed E-state index contributed by atoms with van der Waals surface area (Å²) in [6, 6.07) is 67.1. The van der Waals surface area contributed by atoms with Gasteiger partial charge in [-0.3, -0.25) is 0 Å². The monoisotopic (exact) mass is 570 g/mol. The predicted octanol–water partition coefficient (Wildman–Crippen LogP) is 11.7. The molecule has 1 aliphatic rings. The molecule has 0 N–H and O–H groups in total. The Balaban J connectivity index is 1.55. The highest BCUT2D eigenvalue weighted by Gasteiger charge is 2.48. The molecule has 0 nitrogen and oxygen atoms in total. The number of rotatable bonds is 4. The first-order valence-electron chi connectivity index (χ1n) is 15.7. The molecular formula is C45H30. The van der Waals surface area contributed by atoms with Crippen molar-refractivity contribution >= 4 is 21.5 Å². The third-order valence-corrected chi connectivity index (χ3v) is 9.73. The van der Waals surface area contributed by atoms with E-state index >= 15 is 0 Å². The molecule has 0 atom stereocenters. The van der Waals surface area contributed by atoms with E-state index in [1.807, 2.05) is 0 Å². The zero-order valence-corrected chi connectivity index (χ0v) is 24.8. The Labute approximate surface area is 263 Å². The molecule has 0 amide bonds. The van der Waals surface area contributed by atoms with Crippen molar-refractivity contribution in [1.29, 1.82) is 0 Å². The molecule has 0 radical (unpaired) electrons. The molecule has 0 heterocycles. The minimum absolute atomic E-state index is 0.520. The van der Waals surface area contributed by atoms with Crippen molar-refractivity contribution in [2.75, 3.05) is 0 Å². The molecule has 210 valence electrons. The van der Waals surface area contributed by atoms with E-state index in [9.17, 15) is 0 Å². The van der Waals surface area contributed by atoms with Gasteiger partial charge in [0.1, 0.15) is 0 Å². The molecule has 8 aromatic rings. The molecule has 0 heteroatoms. The van der Waals surface area contributed by atoms with Crippen molar-refractivity contribution in [3.63, 3.8) is 0 Å². The van der Waals surface area contributed by atoms with Gasteiger partial charge in [-0.1, -0.05) is 170 Å². The van der Waals surface area contributed by atoms with E-state index in [2.05, 4.69) is 182 Å². The third-order valence-electron chi connectivity index (χ3n) is 9.73. The highest BCUT2D eigenvalue weighted by molar-refractivity contribution is 6.17. The highest BCUT2D eigenvalue weighted by atomic mass is 14.5. The standard InChI is InChI=1S/C45H30/c1-5-17-31(18-6-1)39-29-41-43(37-27-15-13-25-35(37)39)44-38-28-16-14-26-36(38)40(32-19-7-2-8-20-32)30-42(44)45(41,33-21-9-3-10-22-33)34-23-11-4-12-24-34/h1-30H. The van der Waals surface area contributed by atoms with Crippen molar-refractivity contribution in [2.24, 2.45) is 0 Å². The summed E-state index contributed by atoms with van der Waals surface area (Å²) in [5.41, 5.74) is 12.4. The summed E-state index contributed by atoms with van der Waals surface area (Å²) in [6.07, 6.45) is 0. The molecule has 0 saturated heterocycles. The molecule has 0 unspecified atom stereocenters. The Morgan fingerprint density at radius 3 is 0.978 bits per heavy atom. The van der Waals surface area contributed by atoms with E-state index in [0.29, 0.717) is 0 Å². The molecule has 0 spiro atoms. The van der Waals surface area contributed by atoms with Crippen LogP contribution in [0.2, 0.25) is 0 Å². The average molecular weight is 571 g/mol. The van der Waals surface area contributed by atoms with Gasteiger partial charge in [-0.15, -0.1) is 0 Å². The van der Waals surface area contributed by atoms with Crippen molar-refractivity contribution in [3.8, 4) is 33.4 Å². The fourth-order valence-corrected chi connectivity index (χ4v) is 7.90. The fraction of sp³-hybridized carbons (Fsp3) is 0.0222. The Hall–Kier alpha value is -5.72. The van der Waals surface area contributed by atoms with Crippen LogP contribution < -0.4 is 0 Å². The molecule has 1 aliphatic carbocycles. The van der Waals surface area contributed by atoms with Gasteiger partial charge in [0, 0.05) is 0 Å². The summed E-state index contributed by atoms with van der Waals surface area (Å²) in [5, 5.41) is 5.14. The molecule has 0 fully saturated rings. The van der Waals surface area contributed by atoms with Gasteiger partial charge in [0.05, 0.1) is 5.41 Å². The van der Waals surface area contributed by atoms with E-state index < -0.39 is 5.41 Å². The van der Waals surface area contributed by atoms with E-state index in [1.165, 1.54) is 77.2 Å². The van der Waals surface area contributed by atoms with Crippen molar-refractivity contribution in [3.05, 3.63) is 204 Å². The first-order chi connectivity index (χ1) is 22.4. The van der Waals surface area contributed by atoms with E-state index in [4.69, 9.17) is 0 Å². The quantitative estimate of drug-likeness (QED) is 0.197. The second kappa shape index (κ2) is 10.2. The zero-order valence-electron chi connectivity index (χ0n) is 24.8. The maximum atomic E-state index is 2.50. The van der Waals surface area contributed by atoms with Crippen LogP contribution in [0.4, 0.5) is 0 Å². The zero-order chi connectivity index (χ0) is 29.8. The minimum Gasteiger partial charge on any atom is -0.0622 e. The second-order valence-corrected chi connectivity index (χ2v) is 12.0. The van der Waals surface area contributed by atoms with Crippen LogP contribution in [0, 0.1) is 0 Å². The van der Waals surface area contributed by atoms with Gasteiger partial charge in [0.25, 0.3) is 0 Å². The van der Waals surface area contributed by atoms with E-state index in [1.54, 1.807) is 0 Å². The maximum absolute atomic E-state index is 2.50. The Morgan fingerprint density at radius 2 is 0.600 bits per heavy atom. The molecule has 8 aromatic carbocycles. The van der Waals surface area contributed by atoms with Crippen LogP contribution in [0.5, 0.6) is 0 Å². The van der Waals surface area contributed by atoms with Crippen LogP contribution in [0.1, 0.15) is 22.3 Å². The smallest absolute Gasteiger partial charge is 0.0622 e. The lowest BCUT2D eigenvalue weighted by atomic mass is 9.66. The van der Waals surface area contributed by atoms with Gasteiger partial charge in [-0.05, 0) is 89.3 Å². The van der Waals surface area contributed by atoms with Gasteiger partial charge < -0.3 is 0 Å². The van der Waals surface area contributed by atoms with Crippen LogP contribution in [0.3, 0.4) is 0 Å². The SMILES string of the molecule is c1ccc(-c2cc3c(c4ccccc24)-c2c(cc(-c4ccccc4)c4ccccc24)C3(c2ccccc2)c2ccccc2)cc1. The van der Waals surface area contributed by atoms with Gasteiger partial charge >= 0.3 is 0 Å².